The molecule has 0 N–H and O–H groups in total. The van der Waals surface area contributed by atoms with Gasteiger partial charge in [0, 0.05) is 13.1 Å². The first-order valence-electron chi connectivity index (χ1n) is 7.39. The van der Waals surface area contributed by atoms with Crippen molar-refractivity contribution in [3.63, 3.8) is 0 Å². The number of hydrogen-bond donors (Lipinski definition) is 0. The number of carbonyl (C=O) groups is 1. The predicted molar refractivity (Wildman–Crippen MR) is 92.1 cm³/mol. The number of rotatable bonds is 3. The third-order valence-corrected chi connectivity index (χ3v) is 4.82. The standard InChI is InChI=1S/C18H18BrNO2/c1-13-8-10-20(11-9-13)17(21)12-22-16-7-6-14-4-2-3-5-15(14)18(16)19/h2-7H,1,8-12H2. The normalized spacial score (nSPS) is 15.1. The highest BCUT2D eigenvalue weighted by atomic mass is 79.9. The summed E-state index contributed by atoms with van der Waals surface area (Å²) in [6, 6.07) is 12.0. The molecule has 0 radical (unpaired) electrons. The summed E-state index contributed by atoms with van der Waals surface area (Å²) in [6.07, 6.45) is 1.79. The summed E-state index contributed by atoms with van der Waals surface area (Å²) in [5, 5.41) is 2.23. The van der Waals surface area contributed by atoms with E-state index in [9.17, 15) is 4.79 Å². The molecule has 22 heavy (non-hydrogen) atoms. The molecule has 0 saturated carbocycles. The van der Waals surface area contributed by atoms with E-state index >= 15 is 0 Å². The minimum Gasteiger partial charge on any atom is -0.483 e. The zero-order chi connectivity index (χ0) is 15.5. The Hall–Kier alpha value is -1.81. The molecule has 0 atom stereocenters. The molecule has 3 nitrogen and oxygen atoms in total. The first-order valence-corrected chi connectivity index (χ1v) is 8.19. The molecule has 0 aromatic heterocycles. The number of halogens is 1. The zero-order valence-electron chi connectivity index (χ0n) is 12.3. The van der Waals surface area contributed by atoms with Crippen molar-refractivity contribution in [1.29, 1.82) is 0 Å². The summed E-state index contributed by atoms with van der Waals surface area (Å²) in [6.45, 7) is 5.54. The largest absolute Gasteiger partial charge is 0.483 e. The molecule has 0 aliphatic carbocycles. The van der Waals surface area contributed by atoms with E-state index in [-0.39, 0.29) is 12.5 Å². The molecule has 3 rings (SSSR count). The molecule has 0 unspecified atom stereocenters. The second-order valence-electron chi connectivity index (χ2n) is 5.52. The second-order valence-corrected chi connectivity index (χ2v) is 6.31. The van der Waals surface area contributed by atoms with Crippen molar-refractivity contribution in [2.24, 2.45) is 0 Å². The first-order chi connectivity index (χ1) is 10.6. The third kappa shape index (κ3) is 3.17. The SMILES string of the molecule is C=C1CCN(C(=O)COc2ccc3ccccc3c2Br)CC1. The van der Waals surface area contributed by atoms with Crippen LogP contribution >= 0.6 is 15.9 Å². The number of fused-ring (bicyclic) bond motifs is 1. The molecule has 1 amide bonds. The lowest BCUT2D eigenvalue weighted by atomic mass is 10.1. The molecule has 1 heterocycles. The van der Waals surface area contributed by atoms with Crippen molar-refractivity contribution in [2.45, 2.75) is 12.8 Å². The molecule has 0 spiro atoms. The van der Waals surface area contributed by atoms with Crippen LogP contribution in [0.25, 0.3) is 10.8 Å². The number of carbonyl (C=O) groups excluding carboxylic acids is 1. The van der Waals surface area contributed by atoms with Gasteiger partial charge in [-0.1, -0.05) is 42.5 Å². The zero-order valence-corrected chi connectivity index (χ0v) is 13.9. The van der Waals surface area contributed by atoms with E-state index < -0.39 is 0 Å². The molecule has 1 aliphatic heterocycles. The van der Waals surface area contributed by atoms with Crippen molar-refractivity contribution in [2.75, 3.05) is 19.7 Å². The Morgan fingerprint density at radius 2 is 1.91 bits per heavy atom. The van der Waals surface area contributed by atoms with Crippen LogP contribution in [-0.4, -0.2) is 30.5 Å². The molecule has 0 bridgehead atoms. The summed E-state index contributed by atoms with van der Waals surface area (Å²) in [5.41, 5.74) is 1.22. The fourth-order valence-corrected chi connectivity index (χ4v) is 3.24. The van der Waals surface area contributed by atoms with E-state index in [2.05, 4.69) is 28.6 Å². The van der Waals surface area contributed by atoms with Crippen molar-refractivity contribution >= 4 is 32.6 Å². The van der Waals surface area contributed by atoms with Crippen molar-refractivity contribution in [1.82, 2.24) is 4.90 Å². The van der Waals surface area contributed by atoms with E-state index in [1.165, 1.54) is 5.57 Å². The lowest BCUT2D eigenvalue weighted by molar-refractivity contribution is -0.133. The van der Waals surface area contributed by atoms with Gasteiger partial charge >= 0.3 is 0 Å². The predicted octanol–water partition coefficient (Wildman–Crippen LogP) is 4.16. The highest BCUT2D eigenvalue weighted by Gasteiger charge is 2.19. The summed E-state index contributed by atoms with van der Waals surface area (Å²) >= 11 is 3.57. The summed E-state index contributed by atoms with van der Waals surface area (Å²) < 4.78 is 6.62. The maximum absolute atomic E-state index is 12.2. The minimum absolute atomic E-state index is 0.0348. The van der Waals surface area contributed by atoms with Gasteiger partial charge in [0.05, 0.1) is 4.47 Å². The molecule has 1 saturated heterocycles. The topological polar surface area (TPSA) is 29.5 Å². The van der Waals surface area contributed by atoms with Crippen LogP contribution in [-0.2, 0) is 4.79 Å². The molecule has 2 aromatic carbocycles. The maximum atomic E-state index is 12.2. The molecule has 1 fully saturated rings. The average molecular weight is 360 g/mol. The van der Waals surface area contributed by atoms with E-state index in [0.717, 1.165) is 41.2 Å². The Balaban J connectivity index is 1.67. The fraction of sp³-hybridized carbons (Fsp3) is 0.278. The van der Waals surface area contributed by atoms with Crippen molar-refractivity contribution < 1.29 is 9.53 Å². The van der Waals surface area contributed by atoms with Gasteiger partial charge in [-0.05, 0) is 45.6 Å². The maximum Gasteiger partial charge on any atom is 0.260 e. The lowest BCUT2D eigenvalue weighted by Crippen LogP contribution is -2.39. The van der Waals surface area contributed by atoms with Crippen LogP contribution in [0.3, 0.4) is 0 Å². The highest BCUT2D eigenvalue weighted by molar-refractivity contribution is 9.10. The quantitative estimate of drug-likeness (QED) is 0.770. The number of likely N-dealkylation sites (tertiary alicyclic amines) is 1. The van der Waals surface area contributed by atoms with Gasteiger partial charge in [0.15, 0.2) is 6.61 Å². The average Bonchev–Trinajstić information content (AvgIpc) is 2.55. The fourth-order valence-electron chi connectivity index (χ4n) is 2.63. The Bertz CT molecular complexity index is 716. The second kappa shape index (κ2) is 6.53. The van der Waals surface area contributed by atoms with Crippen molar-refractivity contribution in [3.05, 3.63) is 53.0 Å². The van der Waals surface area contributed by atoms with Crippen LogP contribution in [0.5, 0.6) is 5.75 Å². The van der Waals surface area contributed by atoms with Crippen LogP contribution in [0.15, 0.2) is 53.0 Å². The van der Waals surface area contributed by atoms with E-state index in [1.807, 2.05) is 35.2 Å². The van der Waals surface area contributed by atoms with Gasteiger partial charge in [-0.2, -0.15) is 0 Å². The van der Waals surface area contributed by atoms with Gasteiger partial charge in [0.1, 0.15) is 5.75 Å². The van der Waals surface area contributed by atoms with Crippen LogP contribution in [0.2, 0.25) is 0 Å². The van der Waals surface area contributed by atoms with E-state index in [1.54, 1.807) is 0 Å². The van der Waals surface area contributed by atoms with Gasteiger partial charge in [-0.3, -0.25) is 4.79 Å². The van der Waals surface area contributed by atoms with Gasteiger partial charge in [-0.25, -0.2) is 0 Å². The van der Waals surface area contributed by atoms with Crippen LogP contribution < -0.4 is 4.74 Å². The lowest BCUT2D eigenvalue weighted by Gasteiger charge is -2.28. The van der Waals surface area contributed by atoms with Crippen LogP contribution in [0.1, 0.15) is 12.8 Å². The smallest absolute Gasteiger partial charge is 0.260 e. The molecule has 2 aromatic rings. The number of benzene rings is 2. The molecule has 1 aliphatic rings. The molecular formula is C18H18BrNO2. The van der Waals surface area contributed by atoms with Gasteiger partial charge < -0.3 is 9.64 Å². The number of amides is 1. The number of piperidine rings is 1. The van der Waals surface area contributed by atoms with Gasteiger partial charge in [0.2, 0.25) is 0 Å². The first kappa shape index (κ1) is 15.1. The Labute approximate surface area is 138 Å². The number of hydrogen-bond acceptors (Lipinski definition) is 2. The summed E-state index contributed by atoms with van der Waals surface area (Å²) in [7, 11) is 0. The van der Waals surface area contributed by atoms with Gasteiger partial charge in [0.25, 0.3) is 5.91 Å². The van der Waals surface area contributed by atoms with Crippen LogP contribution in [0, 0.1) is 0 Å². The summed E-state index contributed by atoms with van der Waals surface area (Å²) in [4.78, 5) is 14.1. The highest BCUT2D eigenvalue weighted by Crippen LogP contribution is 2.33. The number of ether oxygens (including phenoxy) is 1. The monoisotopic (exact) mass is 359 g/mol. The third-order valence-electron chi connectivity index (χ3n) is 4.00. The number of nitrogens with zero attached hydrogens (tertiary/aromatic N) is 1. The molecular weight excluding hydrogens is 342 g/mol. The summed E-state index contributed by atoms with van der Waals surface area (Å²) in [5.74, 6) is 0.737. The van der Waals surface area contributed by atoms with E-state index in [4.69, 9.17) is 4.74 Å². The van der Waals surface area contributed by atoms with Crippen LogP contribution in [0.4, 0.5) is 0 Å². The molecule has 4 heteroatoms. The van der Waals surface area contributed by atoms with Crippen molar-refractivity contribution in [3.8, 4) is 5.75 Å². The Kier molecular flexibility index (Phi) is 4.48. The Morgan fingerprint density at radius 1 is 1.18 bits per heavy atom. The molecule has 114 valence electrons. The Morgan fingerprint density at radius 3 is 2.68 bits per heavy atom. The minimum atomic E-state index is 0.0348. The van der Waals surface area contributed by atoms with Gasteiger partial charge in [-0.15, -0.1) is 0 Å². The van der Waals surface area contributed by atoms with E-state index in [0.29, 0.717) is 5.75 Å².